The van der Waals surface area contributed by atoms with Gasteiger partial charge in [0.1, 0.15) is 0 Å². The molecule has 0 bridgehead atoms. The topological polar surface area (TPSA) is 69.1 Å². The number of morpholine rings is 1. The van der Waals surface area contributed by atoms with E-state index in [-0.39, 0.29) is 24.0 Å². The van der Waals surface area contributed by atoms with E-state index in [9.17, 15) is 5.11 Å². The summed E-state index contributed by atoms with van der Waals surface area (Å²) in [7, 11) is 0. The van der Waals surface area contributed by atoms with Crippen molar-refractivity contribution in [3.05, 3.63) is 48.0 Å². The summed E-state index contributed by atoms with van der Waals surface area (Å²) in [5.74, 6) is 0.720. The molecule has 7 heteroatoms. The fourth-order valence-electron chi connectivity index (χ4n) is 3.51. The lowest BCUT2D eigenvalue weighted by Gasteiger charge is -2.34. The number of ether oxygens (including phenoxy) is 1. The Morgan fingerprint density at radius 2 is 1.86 bits per heavy atom. The lowest BCUT2D eigenvalue weighted by molar-refractivity contribution is -0.0201. The molecule has 1 fully saturated rings. The summed E-state index contributed by atoms with van der Waals surface area (Å²) in [4.78, 5) is 6.97. The number of fused-ring (bicyclic) bond motifs is 1. The third kappa shape index (κ3) is 7.40. The van der Waals surface area contributed by atoms with Crippen LogP contribution in [0.25, 0.3) is 10.8 Å². The Hall–Kier alpha value is -1.42. The van der Waals surface area contributed by atoms with Crippen molar-refractivity contribution in [1.82, 2.24) is 15.5 Å². The van der Waals surface area contributed by atoms with Crippen LogP contribution in [0.15, 0.2) is 47.5 Å². The van der Waals surface area contributed by atoms with Crippen LogP contribution in [-0.2, 0) is 11.3 Å². The summed E-state index contributed by atoms with van der Waals surface area (Å²) < 4.78 is 5.38. The quantitative estimate of drug-likeness (QED) is 0.303. The van der Waals surface area contributed by atoms with Crippen LogP contribution < -0.4 is 10.6 Å². The summed E-state index contributed by atoms with van der Waals surface area (Å²) in [6.45, 7) is 9.52. The van der Waals surface area contributed by atoms with E-state index >= 15 is 0 Å². The summed E-state index contributed by atoms with van der Waals surface area (Å²) in [6.07, 6.45) is 0. The molecule has 2 aromatic carbocycles. The normalized spacial score (nSPS) is 17.4. The molecule has 160 valence electrons. The van der Waals surface area contributed by atoms with Crippen LogP contribution in [0.3, 0.4) is 0 Å². The van der Waals surface area contributed by atoms with Gasteiger partial charge in [-0.1, -0.05) is 42.5 Å². The number of nitrogens with zero attached hydrogens (tertiary/aromatic N) is 2. The third-order valence-corrected chi connectivity index (χ3v) is 4.94. The minimum Gasteiger partial charge on any atom is -0.387 e. The number of β-amino-alcohol motifs (C(OH)–C–C–N with tert-alkyl or cyclic N) is 1. The zero-order valence-electron chi connectivity index (χ0n) is 17.4. The summed E-state index contributed by atoms with van der Waals surface area (Å²) in [5, 5.41) is 19.8. The van der Waals surface area contributed by atoms with Gasteiger partial charge in [0.2, 0.25) is 0 Å². The highest BCUT2D eigenvalue weighted by Gasteiger charge is 2.25. The highest BCUT2D eigenvalue weighted by Crippen LogP contribution is 2.19. The van der Waals surface area contributed by atoms with E-state index in [0.717, 1.165) is 38.8 Å². The highest BCUT2D eigenvalue weighted by molar-refractivity contribution is 14.0. The number of benzene rings is 2. The van der Waals surface area contributed by atoms with E-state index in [4.69, 9.17) is 9.73 Å². The van der Waals surface area contributed by atoms with Crippen molar-refractivity contribution in [3.8, 4) is 0 Å². The Labute approximate surface area is 190 Å². The molecule has 1 aliphatic rings. The van der Waals surface area contributed by atoms with Gasteiger partial charge in [0.15, 0.2) is 5.96 Å². The molecule has 1 heterocycles. The molecule has 0 aliphatic carbocycles. The fourth-order valence-corrected chi connectivity index (χ4v) is 3.51. The lowest BCUT2D eigenvalue weighted by atomic mass is 10.0. The third-order valence-electron chi connectivity index (χ3n) is 4.94. The summed E-state index contributed by atoms with van der Waals surface area (Å²) in [5.41, 5.74) is 0.350. The van der Waals surface area contributed by atoms with Crippen molar-refractivity contribution < 1.29 is 9.84 Å². The molecular formula is C22H33IN4O2. The average molecular weight is 512 g/mol. The Morgan fingerprint density at radius 3 is 2.62 bits per heavy atom. The maximum Gasteiger partial charge on any atom is 0.191 e. The number of aliphatic hydroxyl groups is 1. The van der Waals surface area contributed by atoms with E-state index in [1.165, 1.54) is 16.3 Å². The zero-order valence-corrected chi connectivity index (χ0v) is 19.7. The van der Waals surface area contributed by atoms with Gasteiger partial charge >= 0.3 is 0 Å². The first-order chi connectivity index (χ1) is 13.6. The summed E-state index contributed by atoms with van der Waals surface area (Å²) >= 11 is 0. The molecule has 0 amide bonds. The number of hydrogen-bond acceptors (Lipinski definition) is 4. The smallest absolute Gasteiger partial charge is 0.191 e. The Kier molecular flexibility index (Phi) is 9.61. The van der Waals surface area contributed by atoms with Crippen molar-refractivity contribution in [2.24, 2.45) is 4.99 Å². The maximum absolute atomic E-state index is 10.8. The molecule has 0 radical (unpaired) electrons. The van der Waals surface area contributed by atoms with Crippen LogP contribution in [0.2, 0.25) is 0 Å². The second-order valence-electron chi connectivity index (χ2n) is 7.57. The van der Waals surface area contributed by atoms with Crippen LogP contribution in [-0.4, -0.2) is 67.5 Å². The van der Waals surface area contributed by atoms with Gasteiger partial charge in [-0.05, 0) is 30.2 Å². The summed E-state index contributed by atoms with van der Waals surface area (Å²) in [6, 6.07) is 14.7. The number of guanidine groups is 1. The first kappa shape index (κ1) is 23.9. The first-order valence-electron chi connectivity index (χ1n) is 10.1. The van der Waals surface area contributed by atoms with Gasteiger partial charge in [-0.2, -0.15) is 0 Å². The molecular weight excluding hydrogens is 479 g/mol. The Morgan fingerprint density at radius 1 is 1.14 bits per heavy atom. The predicted molar refractivity (Wildman–Crippen MR) is 130 cm³/mol. The number of rotatable bonds is 7. The molecule has 1 atom stereocenters. The number of aliphatic imine (C=N–C) groups is 1. The highest BCUT2D eigenvalue weighted by atomic mass is 127. The van der Waals surface area contributed by atoms with Crippen LogP contribution in [0.5, 0.6) is 0 Å². The van der Waals surface area contributed by atoms with Gasteiger partial charge in [-0.3, -0.25) is 4.90 Å². The molecule has 6 nitrogen and oxygen atoms in total. The van der Waals surface area contributed by atoms with Crippen molar-refractivity contribution in [1.29, 1.82) is 0 Å². The van der Waals surface area contributed by atoms with Gasteiger partial charge in [0.05, 0.1) is 25.4 Å². The largest absolute Gasteiger partial charge is 0.387 e. The van der Waals surface area contributed by atoms with E-state index in [0.29, 0.717) is 19.6 Å². The second-order valence-corrected chi connectivity index (χ2v) is 7.57. The molecule has 1 saturated heterocycles. The monoisotopic (exact) mass is 512 g/mol. The maximum atomic E-state index is 10.8. The van der Waals surface area contributed by atoms with Gasteiger partial charge < -0.3 is 20.5 Å². The van der Waals surface area contributed by atoms with Crippen molar-refractivity contribution in [3.63, 3.8) is 0 Å². The zero-order chi connectivity index (χ0) is 19.8. The van der Waals surface area contributed by atoms with E-state index in [1.807, 2.05) is 13.8 Å². The van der Waals surface area contributed by atoms with Crippen LogP contribution >= 0.6 is 24.0 Å². The van der Waals surface area contributed by atoms with Crippen LogP contribution in [0.4, 0.5) is 0 Å². The fraction of sp³-hybridized carbons (Fsp3) is 0.500. The van der Waals surface area contributed by atoms with E-state index in [2.05, 4.69) is 58.0 Å². The average Bonchev–Trinajstić information content (AvgIpc) is 2.70. The van der Waals surface area contributed by atoms with E-state index in [1.54, 1.807) is 0 Å². The van der Waals surface area contributed by atoms with Gasteiger partial charge in [-0.25, -0.2) is 4.99 Å². The number of hydrogen-bond donors (Lipinski definition) is 3. The van der Waals surface area contributed by atoms with Crippen LogP contribution in [0.1, 0.15) is 19.4 Å². The Bertz CT molecular complexity index is 786. The molecule has 3 rings (SSSR count). The SMILES string of the molecule is CCNC(=NCc1cccc2ccccc12)NCC(C)(O)CN1CCOCC1.I. The number of halogens is 1. The van der Waals surface area contributed by atoms with Crippen molar-refractivity contribution >= 4 is 40.7 Å². The van der Waals surface area contributed by atoms with E-state index < -0.39 is 5.60 Å². The lowest BCUT2D eigenvalue weighted by Crippen LogP contribution is -2.52. The van der Waals surface area contributed by atoms with Crippen LogP contribution in [0, 0.1) is 0 Å². The molecule has 1 aliphatic heterocycles. The van der Waals surface area contributed by atoms with Gasteiger partial charge in [-0.15, -0.1) is 24.0 Å². The molecule has 3 N–H and O–H groups in total. The molecule has 0 aromatic heterocycles. The second kappa shape index (κ2) is 11.7. The molecule has 1 unspecified atom stereocenters. The van der Waals surface area contributed by atoms with Crippen molar-refractivity contribution in [2.75, 3.05) is 45.9 Å². The molecule has 29 heavy (non-hydrogen) atoms. The predicted octanol–water partition coefficient (Wildman–Crippen LogP) is 2.60. The standard InChI is InChI=1S/C22H32N4O2.HI/c1-3-23-21(25-16-22(2,27)17-26-11-13-28-14-12-26)24-15-19-9-6-8-18-7-4-5-10-20(18)19;/h4-10,27H,3,11-17H2,1-2H3,(H2,23,24,25);1H. The molecule has 2 aromatic rings. The minimum atomic E-state index is -0.840. The molecule has 0 spiro atoms. The van der Waals surface area contributed by atoms with Gasteiger partial charge in [0, 0.05) is 32.7 Å². The van der Waals surface area contributed by atoms with Crippen molar-refractivity contribution in [2.45, 2.75) is 26.0 Å². The number of nitrogens with one attached hydrogen (secondary N) is 2. The van der Waals surface area contributed by atoms with Gasteiger partial charge in [0.25, 0.3) is 0 Å². The molecule has 0 saturated carbocycles. The Balaban J connectivity index is 0.00000300. The minimum absolute atomic E-state index is 0. The first-order valence-corrected chi connectivity index (χ1v) is 10.1.